The number of nitrogens with one attached hydrogen (secondary N) is 5. The molecule has 0 radical (unpaired) electrons. The third kappa shape index (κ3) is 43.5. The minimum absolute atomic E-state index is 0.0893. The molecule has 12 atom stereocenters. The number of hydrogen-bond acceptors (Lipinski definition) is 12. The number of carbonyl (C=O) groups is 3. The molecule has 0 aliphatic heterocycles. The van der Waals surface area contributed by atoms with Gasteiger partial charge in [0.15, 0.2) is 0 Å². The highest BCUT2D eigenvalue weighted by molar-refractivity contribution is 8.42. The van der Waals surface area contributed by atoms with Crippen LogP contribution >= 0.6 is 104 Å². The molecule has 0 heterocycles. The first-order valence-corrected chi connectivity index (χ1v) is 31.4. The first kappa shape index (κ1) is 56.2. The van der Waals surface area contributed by atoms with Crippen LogP contribution in [0.4, 0.5) is 0 Å². The zero-order valence-electron chi connectivity index (χ0n) is 28.4. The fourth-order valence-electron chi connectivity index (χ4n) is 3.58. The number of unbranched alkanes of at least 4 members (excludes halogenated alkanes) is 5. The summed E-state index contributed by atoms with van der Waals surface area (Å²) in [5, 5.41) is 23.5. The van der Waals surface area contributed by atoms with E-state index in [0.29, 0.717) is 31.7 Å². The number of allylic oxidation sites excluding steroid dienone is 1. The zero-order chi connectivity index (χ0) is 37.7. The normalized spacial score (nSPS) is 12.3. The fourth-order valence-corrected chi connectivity index (χ4v) is 7.78. The van der Waals surface area contributed by atoms with Crippen LogP contribution in [-0.2, 0) is 28.3 Å². The van der Waals surface area contributed by atoms with E-state index in [1.807, 2.05) is 0 Å². The van der Waals surface area contributed by atoms with Crippen molar-refractivity contribution in [3.8, 4) is 0 Å². The lowest BCUT2D eigenvalue weighted by atomic mass is 10.1. The molecule has 0 aromatic carbocycles. The van der Waals surface area contributed by atoms with Gasteiger partial charge in [-0.15, -0.1) is 0 Å². The first-order valence-electron chi connectivity index (χ1n) is 15.7. The van der Waals surface area contributed by atoms with E-state index in [2.05, 4.69) is 109 Å². The topological polar surface area (TPSA) is 185 Å². The van der Waals surface area contributed by atoms with Crippen molar-refractivity contribution < 1.29 is 33.6 Å². The van der Waals surface area contributed by atoms with Gasteiger partial charge in [-0.3, -0.25) is 34.7 Å². The highest BCUT2D eigenvalue weighted by atomic mass is 32.4. The summed E-state index contributed by atoms with van der Waals surface area (Å²) in [7, 11) is 20.2. The average molecular weight is 920 g/mol. The second-order valence-corrected chi connectivity index (χ2v) is 25.7. The summed E-state index contributed by atoms with van der Waals surface area (Å²) in [6, 6.07) is -0.513. The van der Waals surface area contributed by atoms with Crippen LogP contribution in [0.25, 0.3) is 0 Å². The highest BCUT2D eigenvalue weighted by Crippen LogP contribution is 2.48. The molecule has 0 rings (SSSR count). The molecule has 1 amide bonds. The van der Waals surface area contributed by atoms with E-state index in [1.165, 1.54) is 0 Å². The van der Waals surface area contributed by atoms with E-state index in [0.717, 1.165) is 83.7 Å². The van der Waals surface area contributed by atoms with Gasteiger partial charge in [-0.1, -0.05) is 91.8 Å². The van der Waals surface area contributed by atoms with Gasteiger partial charge in [0.1, 0.15) is 17.8 Å². The largest absolute Gasteiger partial charge is 0.443 e. The second-order valence-electron chi connectivity index (χ2n) is 10.2. The summed E-state index contributed by atoms with van der Waals surface area (Å²) < 4.78 is 9.85. The molecular formula is C24H64N6O7P12. The van der Waals surface area contributed by atoms with E-state index < -0.39 is 0 Å². The predicted molar refractivity (Wildman–Crippen MR) is 245 cm³/mol. The summed E-state index contributed by atoms with van der Waals surface area (Å²) in [6.07, 6.45) is 11.6. The lowest BCUT2D eigenvalue weighted by Crippen LogP contribution is -2.31. The van der Waals surface area contributed by atoms with Gasteiger partial charge in [0.05, 0.1) is 17.0 Å². The standard InChI is InChI=1S/C12H31N3O3P6.C6H17N2O2P3.C6H16NO2P3/c16-11(7-2-1-4-9-14-24(21)22)13-8-5-3-6-10(15-19)12(17)18-23-20;7-4-2-1-3-5(8-11)6(9)10-13-12;1-6(9-8)4-2-3-5-7-12(10)11/h10,14-15,23H,1-9,19-22H2,(H,13,16);5,8,13H,1-4,7,11-12H2;7-8H,1-5,10-11H2. The Hall–Kier alpha value is 2.87. The van der Waals surface area contributed by atoms with Crippen molar-refractivity contribution in [2.75, 3.05) is 26.2 Å². The summed E-state index contributed by atoms with van der Waals surface area (Å²) in [4.78, 5) is 38.5. The number of carbonyl (C=O) groups excluding carboxylic acids is 3. The van der Waals surface area contributed by atoms with Crippen molar-refractivity contribution >= 4 is 122 Å². The lowest BCUT2D eigenvalue weighted by molar-refractivity contribution is -0.205. The van der Waals surface area contributed by atoms with Gasteiger partial charge in [-0.25, -0.2) is 5.26 Å². The van der Waals surface area contributed by atoms with Crippen LogP contribution in [-0.4, -0.2) is 61.4 Å². The van der Waals surface area contributed by atoms with Crippen LogP contribution in [0, 0.1) is 0 Å². The van der Waals surface area contributed by atoms with Crippen molar-refractivity contribution in [1.82, 2.24) is 25.7 Å². The maximum atomic E-state index is 11.7. The maximum Gasteiger partial charge on any atom is 0.326 e. The monoisotopic (exact) mass is 920 g/mol. The lowest BCUT2D eigenvalue weighted by Gasteiger charge is -2.14. The third-order valence-corrected chi connectivity index (χ3v) is 11.7. The Morgan fingerprint density at radius 3 is 1.59 bits per heavy atom. The third-order valence-electron chi connectivity index (χ3n) is 6.16. The Labute approximate surface area is 319 Å². The van der Waals surface area contributed by atoms with Gasteiger partial charge in [0.2, 0.25) is 5.91 Å². The number of amides is 1. The molecule has 8 N–H and O–H groups in total. The Kier molecular flexibility index (Phi) is 50.0. The molecular weight excluding hydrogens is 856 g/mol. The molecule has 0 saturated carbocycles. The summed E-state index contributed by atoms with van der Waals surface area (Å²) >= 11 is 0. The van der Waals surface area contributed by atoms with Gasteiger partial charge < -0.3 is 25.0 Å². The van der Waals surface area contributed by atoms with E-state index in [9.17, 15) is 14.4 Å². The Balaban J connectivity index is -0.000000713. The Morgan fingerprint density at radius 1 is 0.714 bits per heavy atom. The quantitative estimate of drug-likeness (QED) is 0.0141. The molecule has 49 heavy (non-hydrogen) atoms. The van der Waals surface area contributed by atoms with E-state index in [-0.39, 0.29) is 61.8 Å². The molecule has 0 fully saturated rings. The van der Waals surface area contributed by atoms with E-state index in [4.69, 9.17) is 20.0 Å². The van der Waals surface area contributed by atoms with E-state index in [1.54, 1.807) is 0 Å². The molecule has 0 aromatic rings. The predicted octanol–water partition coefficient (Wildman–Crippen LogP) is 6.59. The van der Waals surface area contributed by atoms with Crippen LogP contribution in [0.15, 0.2) is 12.3 Å². The Morgan fingerprint density at radius 2 is 1.16 bits per heavy atom. The minimum Gasteiger partial charge on any atom is -0.443 e. The molecule has 0 aliphatic rings. The van der Waals surface area contributed by atoms with Gasteiger partial charge in [0, 0.05) is 19.4 Å². The molecule has 12 unspecified atom stereocenters. The fraction of sp³-hybridized carbons (Fsp3) is 0.792. The smallest absolute Gasteiger partial charge is 0.326 e. The molecule has 0 aliphatic carbocycles. The average Bonchev–Trinajstić information content (AvgIpc) is 3.06. The van der Waals surface area contributed by atoms with Crippen LogP contribution < -0.4 is 31.4 Å². The van der Waals surface area contributed by atoms with Gasteiger partial charge in [-0.05, 0) is 92.3 Å². The van der Waals surface area contributed by atoms with Crippen LogP contribution in [0.3, 0.4) is 0 Å². The Bertz CT molecular complexity index is 820. The molecule has 0 aromatic heterocycles. The molecule has 292 valence electrons. The van der Waals surface area contributed by atoms with Crippen molar-refractivity contribution in [2.45, 2.75) is 95.6 Å². The second kappa shape index (κ2) is 43.6. The van der Waals surface area contributed by atoms with Gasteiger partial charge in [-0.2, -0.15) is 0 Å². The molecule has 0 bridgehead atoms. The van der Waals surface area contributed by atoms with Gasteiger partial charge >= 0.3 is 11.9 Å². The number of hydrogen-bond donors (Lipinski definition) is 7. The zero-order valence-corrected chi connectivity index (χ0v) is 41.4. The molecule has 13 nitrogen and oxygen atoms in total. The first-order chi connectivity index (χ1) is 23.4. The number of nitrogens with two attached hydrogens (primary N) is 1. The summed E-state index contributed by atoms with van der Waals surface area (Å²) in [6.45, 7) is 6.84. The molecule has 0 spiro atoms. The highest BCUT2D eigenvalue weighted by Gasteiger charge is 2.17. The molecule has 0 saturated heterocycles. The van der Waals surface area contributed by atoms with Crippen molar-refractivity contribution in [3.63, 3.8) is 0 Å². The maximum absolute atomic E-state index is 11.7. The van der Waals surface area contributed by atoms with Crippen LogP contribution in [0.2, 0.25) is 0 Å². The van der Waals surface area contributed by atoms with Crippen LogP contribution in [0.5, 0.6) is 0 Å². The number of rotatable bonds is 29. The molecule has 25 heteroatoms. The summed E-state index contributed by atoms with van der Waals surface area (Å²) in [5.74, 6) is 0.133. The van der Waals surface area contributed by atoms with Gasteiger partial charge in [0.25, 0.3) is 0 Å². The van der Waals surface area contributed by atoms with E-state index >= 15 is 0 Å². The van der Waals surface area contributed by atoms with Crippen molar-refractivity contribution in [1.29, 1.82) is 0 Å². The SMILES string of the molecule is C=C(CCCCNP(P)P)OO.NCCCCC(NP)C(=O)OPP.O=C(CCCCCNP(P)P)NCCCCC(NP)C(=O)OPP. The van der Waals surface area contributed by atoms with Crippen LogP contribution in [0.1, 0.15) is 83.5 Å². The summed E-state index contributed by atoms with van der Waals surface area (Å²) in [5.41, 5.74) is 5.35. The minimum atomic E-state index is -0.295. The van der Waals surface area contributed by atoms with Crippen molar-refractivity contribution in [3.05, 3.63) is 12.3 Å². The van der Waals surface area contributed by atoms with Crippen molar-refractivity contribution in [2.24, 2.45) is 5.73 Å².